The van der Waals surface area contributed by atoms with Gasteiger partial charge in [-0.1, -0.05) is 30.3 Å². The summed E-state index contributed by atoms with van der Waals surface area (Å²) in [6.45, 7) is 2.65. The van der Waals surface area contributed by atoms with Crippen LogP contribution in [0.2, 0.25) is 0 Å². The number of rotatable bonds is 7. The molecule has 2 saturated heterocycles. The molecule has 2 fully saturated rings. The highest BCUT2D eigenvalue weighted by atomic mass is 16.4. The van der Waals surface area contributed by atoms with Crippen molar-refractivity contribution < 1.29 is 19.8 Å². The summed E-state index contributed by atoms with van der Waals surface area (Å²) in [5.41, 5.74) is -0.0254. The van der Waals surface area contributed by atoms with Crippen LogP contribution in [0.3, 0.4) is 0 Å². The van der Waals surface area contributed by atoms with Gasteiger partial charge in [0.2, 0.25) is 5.91 Å². The van der Waals surface area contributed by atoms with E-state index in [1.165, 1.54) is 5.56 Å². The molecule has 6 heteroatoms. The van der Waals surface area contributed by atoms with Gasteiger partial charge in [-0.3, -0.25) is 14.5 Å². The maximum absolute atomic E-state index is 12.4. The minimum absolute atomic E-state index is 0.0764. The van der Waals surface area contributed by atoms with Crippen LogP contribution in [0.1, 0.15) is 37.7 Å². The lowest BCUT2D eigenvalue weighted by atomic mass is 9.73. The van der Waals surface area contributed by atoms with Gasteiger partial charge < -0.3 is 15.1 Å². The van der Waals surface area contributed by atoms with E-state index in [0.29, 0.717) is 25.8 Å². The van der Waals surface area contributed by atoms with E-state index >= 15 is 0 Å². The molecule has 6 nitrogen and oxygen atoms in total. The first-order chi connectivity index (χ1) is 13.0. The Hall–Kier alpha value is -1.92. The summed E-state index contributed by atoms with van der Waals surface area (Å²) in [5, 5.41) is 20.5. The third kappa shape index (κ3) is 4.68. The number of nitrogens with zero attached hydrogens (tertiary/aromatic N) is 2. The van der Waals surface area contributed by atoms with Gasteiger partial charge in [0, 0.05) is 26.2 Å². The fourth-order valence-electron chi connectivity index (χ4n) is 4.37. The van der Waals surface area contributed by atoms with Crippen molar-refractivity contribution in [2.24, 2.45) is 5.41 Å². The van der Waals surface area contributed by atoms with Crippen molar-refractivity contribution in [3.63, 3.8) is 0 Å². The number of carboxylic acids is 1. The van der Waals surface area contributed by atoms with Crippen LogP contribution in [0.5, 0.6) is 0 Å². The Morgan fingerprint density at radius 1 is 1.11 bits per heavy atom. The van der Waals surface area contributed by atoms with Crippen LogP contribution in [-0.2, 0) is 16.0 Å². The predicted octanol–water partition coefficient (Wildman–Crippen LogP) is 1.77. The molecule has 2 N–H and O–H groups in total. The first kappa shape index (κ1) is 19.8. The monoisotopic (exact) mass is 374 g/mol. The van der Waals surface area contributed by atoms with Crippen LogP contribution in [0, 0.1) is 5.41 Å². The minimum atomic E-state index is -1.20. The van der Waals surface area contributed by atoms with Gasteiger partial charge in [-0.15, -0.1) is 0 Å². The first-order valence-corrected chi connectivity index (χ1v) is 9.97. The fraction of sp³-hybridized carbons (Fsp3) is 0.619. The zero-order chi connectivity index (χ0) is 19.3. The summed E-state index contributed by atoms with van der Waals surface area (Å²) < 4.78 is 0. The standard InChI is InChI=1S/C21H30N2O4/c24-18-10-14-22(15-19(25)23-12-4-5-13-23)16-21(18,20(26)27)11-6-9-17-7-2-1-3-8-17/h1-3,7-8,18,24H,4-6,9-16H2,(H,26,27)/t18-,21-/m1/s1. The number of aliphatic hydroxyl groups excluding tert-OH is 1. The number of benzene rings is 1. The number of hydrogen-bond donors (Lipinski definition) is 2. The largest absolute Gasteiger partial charge is 0.481 e. The number of hydrogen-bond acceptors (Lipinski definition) is 4. The third-order valence-electron chi connectivity index (χ3n) is 6.04. The van der Waals surface area contributed by atoms with Crippen molar-refractivity contribution in [2.45, 2.75) is 44.6 Å². The summed E-state index contributed by atoms with van der Waals surface area (Å²) in [4.78, 5) is 28.4. The molecule has 2 aliphatic rings. The summed E-state index contributed by atoms with van der Waals surface area (Å²) in [6.07, 6.45) is 3.50. The lowest BCUT2D eigenvalue weighted by Gasteiger charge is -2.43. The molecule has 0 saturated carbocycles. The molecule has 0 aromatic heterocycles. The van der Waals surface area contributed by atoms with Crippen molar-refractivity contribution >= 4 is 11.9 Å². The van der Waals surface area contributed by atoms with Crippen LogP contribution in [0.25, 0.3) is 0 Å². The highest BCUT2D eigenvalue weighted by molar-refractivity contribution is 5.79. The van der Waals surface area contributed by atoms with E-state index in [4.69, 9.17) is 0 Å². The van der Waals surface area contributed by atoms with E-state index in [-0.39, 0.29) is 19.0 Å². The molecule has 0 radical (unpaired) electrons. The molecule has 1 amide bonds. The van der Waals surface area contributed by atoms with Crippen LogP contribution in [0.4, 0.5) is 0 Å². The Labute approximate surface area is 160 Å². The molecule has 27 heavy (non-hydrogen) atoms. The number of carbonyl (C=O) groups is 2. The van der Waals surface area contributed by atoms with E-state index in [9.17, 15) is 19.8 Å². The zero-order valence-corrected chi connectivity index (χ0v) is 15.8. The minimum Gasteiger partial charge on any atom is -0.481 e. The summed E-state index contributed by atoms with van der Waals surface area (Å²) in [5.74, 6) is -0.881. The fourth-order valence-corrected chi connectivity index (χ4v) is 4.37. The van der Waals surface area contributed by atoms with Gasteiger partial charge in [0.25, 0.3) is 0 Å². The van der Waals surface area contributed by atoms with Crippen molar-refractivity contribution in [3.05, 3.63) is 35.9 Å². The molecule has 1 aromatic rings. The molecule has 148 valence electrons. The average molecular weight is 374 g/mol. The maximum Gasteiger partial charge on any atom is 0.313 e. The highest BCUT2D eigenvalue weighted by Gasteiger charge is 2.48. The van der Waals surface area contributed by atoms with Gasteiger partial charge in [-0.25, -0.2) is 0 Å². The number of carboxylic acid groups (broad SMARTS) is 1. The van der Waals surface area contributed by atoms with Gasteiger partial charge in [0.05, 0.1) is 12.6 Å². The molecule has 1 aromatic carbocycles. The van der Waals surface area contributed by atoms with Crippen LogP contribution < -0.4 is 0 Å². The van der Waals surface area contributed by atoms with Crippen molar-refractivity contribution in [1.82, 2.24) is 9.80 Å². The normalized spacial score (nSPS) is 26.3. The number of likely N-dealkylation sites (tertiary alicyclic amines) is 2. The van der Waals surface area contributed by atoms with E-state index in [2.05, 4.69) is 0 Å². The second-order valence-electron chi connectivity index (χ2n) is 7.90. The maximum atomic E-state index is 12.4. The summed E-state index contributed by atoms with van der Waals surface area (Å²) in [6, 6.07) is 9.98. The second kappa shape index (κ2) is 8.85. The van der Waals surface area contributed by atoms with Gasteiger partial charge in [-0.05, 0) is 44.1 Å². The predicted molar refractivity (Wildman–Crippen MR) is 102 cm³/mol. The average Bonchev–Trinajstić information content (AvgIpc) is 3.20. The lowest BCUT2D eigenvalue weighted by Crippen LogP contribution is -2.57. The zero-order valence-electron chi connectivity index (χ0n) is 15.8. The van der Waals surface area contributed by atoms with Crippen LogP contribution >= 0.6 is 0 Å². The molecule has 0 aliphatic carbocycles. The van der Waals surface area contributed by atoms with Gasteiger partial charge in [-0.2, -0.15) is 0 Å². The number of amides is 1. The number of aryl methyl sites for hydroxylation is 1. The van der Waals surface area contributed by atoms with Crippen LogP contribution in [0.15, 0.2) is 30.3 Å². The quantitative estimate of drug-likeness (QED) is 0.760. The van der Waals surface area contributed by atoms with Crippen molar-refractivity contribution in [3.8, 4) is 0 Å². The van der Waals surface area contributed by atoms with Crippen molar-refractivity contribution in [1.29, 1.82) is 0 Å². The van der Waals surface area contributed by atoms with E-state index < -0.39 is 17.5 Å². The van der Waals surface area contributed by atoms with Crippen molar-refractivity contribution in [2.75, 3.05) is 32.7 Å². The van der Waals surface area contributed by atoms with Gasteiger partial charge >= 0.3 is 5.97 Å². The Kier molecular flexibility index (Phi) is 6.50. The molecule has 3 rings (SSSR count). The molecule has 0 unspecified atom stereocenters. The highest BCUT2D eigenvalue weighted by Crippen LogP contribution is 2.36. The molecule has 0 bridgehead atoms. The number of piperidine rings is 1. The smallest absolute Gasteiger partial charge is 0.313 e. The van der Waals surface area contributed by atoms with Crippen LogP contribution in [-0.4, -0.2) is 70.7 Å². The Morgan fingerprint density at radius 2 is 1.81 bits per heavy atom. The van der Waals surface area contributed by atoms with Gasteiger partial charge in [0.15, 0.2) is 0 Å². The Balaban J connectivity index is 1.62. The van der Waals surface area contributed by atoms with Gasteiger partial charge in [0.1, 0.15) is 5.41 Å². The SMILES string of the molecule is O=C(CN1CC[C@@H](O)[C@](CCCc2ccccc2)(C(=O)O)C1)N1CCCC1. The lowest BCUT2D eigenvalue weighted by molar-refractivity contribution is -0.165. The first-order valence-electron chi connectivity index (χ1n) is 9.97. The topological polar surface area (TPSA) is 81.1 Å². The molecule has 2 atom stereocenters. The Bertz CT molecular complexity index is 645. The second-order valence-corrected chi connectivity index (χ2v) is 7.90. The number of aliphatic carboxylic acids is 1. The van der Waals surface area contributed by atoms with E-state index in [1.807, 2.05) is 40.1 Å². The summed E-state index contributed by atoms with van der Waals surface area (Å²) >= 11 is 0. The third-order valence-corrected chi connectivity index (χ3v) is 6.04. The number of carbonyl (C=O) groups excluding carboxylic acids is 1. The molecule has 0 spiro atoms. The van der Waals surface area contributed by atoms with E-state index in [0.717, 1.165) is 32.4 Å². The molecular formula is C21H30N2O4. The number of aliphatic hydroxyl groups is 1. The molecular weight excluding hydrogens is 344 g/mol. The molecule has 2 aliphatic heterocycles. The summed E-state index contributed by atoms with van der Waals surface area (Å²) in [7, 11) is 0. The Morgan fingerprint density at radius 3 is 2.48 bits per heavy atom. The van der Waals surface area contributed by atoms with E-state index in [1.54, 1.807) is 0 Å². The molecule has 2 heterocycles.